The number of carbonyl (C=O) groups excluding carboxylic acids is 2. The summed E-state index contributed by atoms with van der Waals surface area (Å²) in [7, 11) is 0. The van der Waals surface area contributed by atoms with Gasteiger partial charge >= 0.3 is 0 Å². The second-order valence-corrected chi connectivity index (χ2v) is 6.10. The lowest BCUT2D eigenvalue weighted by Gasteiger charge is -2.30. The van der Waals surface area contributed by atoms with Crippen molar-refractivity contribution >= 4 is 23.4 Å². The first kappa shape index (κ1) is 15.8. The molecule has 5 heteroatoms. The average Bonchev–Trinajstić information content (AvgIpc) is 2.46. The predicted molar refractivity (Wildman–Crippen MR) is 82.9 cm³/mol. The number of halogens is 1. The number of hydrogen-bond donors (Lipinski definition) is 1. The fourth-order valence-electron chi connectivity index (χ4n) is 2.53. The standard InChI is InChI=1S/C16H21ClN2O2/c1-12-3-2-8-19(11-12)16(21)9-15(20)18-10-13-4-6-14(17)7-5-13/h4-7,12H,2-3,8-11H2,1H3,(H,18,20). The fraction of sp³-hybridized carbons (Fsp3) is 0.500. The van der Waals surface area contributed by atoms with E-state index in [9.17, 15) is 9.59 Å². The lowest BCUT2D eigenvalue weighted by atomic mass is 10.00. The molecule has 1 aliphatic rings. The van der Waals surface area contributed by atoms with Gasteiger partial charge in [0, 0.05) is 24.7 Å². The van der Waals surface area contributed by atoms with Crippen molar-refractivity contribution in [3.8, 4) is 0 Å². The monoisotopic (exact) mass is 308 g/mol. The number of nitrogens with zero attached hydrogens (tertiary/aromatic N) is 1. The Kier molecular flexibility index (Phi) is 5.62. The van der Waals surface area contributed by atoms with E-state index in [1.54, 1.807) is 17.0 Å². The molecule has 0 aromatic heterocycles. The number of likely N-dealkylation sites (tertiary alicyclic amines) is 1. The van der Waals surface area contributed by atoms with Gasteiger partial charge in [-0.3, -0.25) is 9.59 Å². The summed E-state index contributed by atoms with van der Waals surface area (Å²) in [5.74, 6) is 0.225. The van der Waals surface area contributed by atoms with Crippen LogP contribution < -0.4 is 5.32 Å². The molecular weight excluding hydrogens is 288 g/mol. The molecule has 4 nitrogen and oxygen atoms in total. The van der Waals surface area contributed by atoms with Crippen LogP contribution in [0.3, 0.4) is 0 Å². The van der Waals surface area contributed by atoms with Crippen molar-refractivity contribution in [3.05, 3.63) is 34.9 Å². The molecule has 0 aliphatic carbocycles. The lowest BCUT2D eigenvalue weighted by Crippen LogP contribution is -2.41. The molecule has 1 saturated heterocycles. The molecule has 1 aromatic rings. The van der Waals surface area contributed by atoms with Crippen molar-refractivity contribution in [1.29, 1.82) is 0 Å². The maximum atomic E-state index is 12.1. The third-order valence-corrected chi connectivity index (χ3v) is 3.98. The van der Waals surface area contributed by atoms with E-state index in [-0.39, 0.29) is 18.2 Å². The molecule has 1 aliphatic heterocycles. The highest BCUT2D eigenvalue weighted by Gasteiger charge is 2.22. The first-order chi connectivity index (χ1) is 10.0. The normalized spacial score (nSPS) is 18.4. The largest absolute Gasteiger partial charge is 0.352 e. The average molecular weight is 309 g/mol. The molecule has 0 spiro atoms. The quantitative estimate of drug-likeness (QED) is 0.869. The summed E-state index contributed by atoms with van der Waals surface area (Å²) >= 11 is 5.80. The van der Waals surface area contributed by atoms with Gasteiger partial charge in [-0.05, 0) is 36.5 Å². The van der Waals surface area contributed by atoms with Crippen LogP contribution >= 0.6 is 11.6 Å². The molecule has 2 amide bonds. The molecule has 21 heavy (non-hydrogen) atoms. The number of hydrogen-bond acceptors (Lipinski definition) is 2. The highest BCUT2D eigenvalue weighted by Crippen LogP contribution is 2.16. The molecule has 1 fully saturated rings. The Labute approximate surface area is 130 Å². The zero-order valence-corrected chi connectivity index (χ0v) is 13.0. The van der Waals surface area contributed by atoms with E-state index >= 15 is 0 Å². The van der Waals surface area contributed by atoms with Crippen LogP contribution in [0.2, 0.25) is 5.02 Å². The van der Waals surface area contributed by atoms with E-state index in [1.807, 2.05) is 12.1 Å². The highest BCUT2D eigenvalue weighted by atomic mass is 35.5. The summed E-state index contributed by atoms with van der Waals surface area (Å²) in [4.78, 5) is 25.7. The highest BCUT2D eigenvalue weighted by molar-refractivity contribution is 6.30. The van der Waals surface area contributed by atoms with E-state index in [4.69, 9.17) is 11.6 Å². The molecule has 1 atom stereocenters. The molecule has 1 N–H and O–H groups in total. The van der Waals surface area contributed by atoms with Crippen molar-refractivity contribution < 1.29 is 9.59 Å². The number of amides is 2. The van der Waals surface area contributed by atoms with Crippen LogP contribution in [0.1, 0.15) is 31.7 Å². The number of carbonyl (C=O) groups is 2. The maximum Gasteiger partial charge on any atom is 0.232 e. The lowest BCUT2D eigenvalue weighted by molar-refractivity contribution is -0.137. The van der Waals surface area contributed by atoms with Crippen LogP contribution in [0.15, 0.2) is 24.3 Å². The van der Waals surface area contributed by atoms with Gasteiger partial charge in [0.05, 0.1) is 0 Å². The van der Waals surface area contributed by atoms with E-state index in [1.165, 1.54) is 0 Å². The van der Waals surface area contributed by atoms with Gasteiger partial charge in [0.1, 0.15) is 6.42 Å². The minimum Gasteiger partial charge on any atom is -0.352 e. The van der Waals surface area contributed by atoms with Crippen LogP contribution in [0.4, 0.5) is 0 Å². The van der Waals surface area contributed by atoms with Crippen molar-refractivity contribution in [2.45, 2.75) is 32.7 Å². The van der Waals surface area contributed by atoms with Crippen LogP contribution in [0.5, 0.6) is 0 Å². The third kappa shape index (κ3) is 5.05. The van der Waals surface area contributed by atoms with Gasteiger partial charge in [-0.1, -0.05) is 30.7 Å². The second kappa shape index (κ2) is 7.46. The summed E-state index contributed by atoms with van der Waals surface area (Å²) < 4.78 is 0. The number of piperidine rings is 1. The zero-order valence-electron chi connectivity index (χ0n) is 12.3. The van der Waals surface area contributed by atoms with E-state index in [0.29, 0.717) is 17.5 Å². The van der Waals surface area contributed by atoms with E-state index < -0.39 is 0 Å². The van der Waals surface area contributed by atoms with Gasteiger partial charge < -0.3 is 10.2 Å². The fourth-order valence-corrected chi connectivity index (χ4v) is 2.66. The van der Waals surface area contributed by atoms with Gasteiger partial charge in [0.2, 0.25) is 11.8 Å². The Morgan fingerprint density at radius 3 is 2.71 bits per heavy atom. The summed E-state index contributed by atoms with van der Waals surface area (Å²) in [6.07, 6.45) is 2.12. The van der Waals surface area contributed by atoms with Crippen molar-refractivity contribution in [1.82, 2.24) is 10.2 Å². The Hall–Kier alpha value is -1.55. The predicted octanol–water partition coefficient (Wildman–Crippen LogP) is 2.60. The molecule has 0 radical (unpaired) electrons. The summed E-state index contributed by atoms with van der Waals surface area (Å²) in [5.41, 5.74) is 0.965. The molecule has 2 rings (SSSR count). The van der Waals surface area contributed by atoms with Gasteiger partial charge in [0.15, 0.2) is 0 Å². The van der Waals surface area contributed by atoms with Crippen LogP contribution in [-0.4, -0.2) is 29.8 Å². The van der Waals surface area contributed by atoms with Crippen LogP contribution in [0.25, 0.3) is 0 Å². The van der Waals surface area contributed by atoms with Gasteiger partial charge in [-0.2, -0.15) is 0 Å². The van der Waals surface area contributed by atoms with Crippen molar-refractivity contribution in [2.24, 2.45) is 5.92 Å². The number of nitrogens with one attached hydrogen (secondary N) is 1. The van der Waals surface area contributed by atoms with Crippen molar-refractivity contribution in [2.75, 3.05) is 13.1 Å². The second-order valence-electron chi connectivity index (χ2n) is 5.67. The molecule has 1 unspecified atom stereocenters. The van der Waals surface area contributed by atoms with E-state index in [2.05, 4.69) is 12.2 Å². The third-order valence-electron chi connectivity index (χ3n) is 3.72. The Morgan fingerprint density at radius 2 is 2.05 bits per heavy atom. The first-order valence-corrected chi connectivity index (χ1v) is 7.71. The van der Waals surface area contributed by atoms with Crippen molar-refractivity contribution in [3.63, 3.8) is 0 Å². The Balaban J connectivity index is 1.76. The Bertz CT molecular complexity index is 502. The first-order valence-electron chi connectivity index (χ1n) is 7.33. The molecule has 0 saturated carbocycles. The summed E-state index contributed by atoms with van der Waals surface area (Å²) in [6.45, 7) is 4.09. The van der Waals surface area contributed by atoms with Crippen LogP contribution in [0, 0.1) is 5.92 Å². The molecule has 0 bridgehead atoms. The minimum atomic E-state index is -0.229. The van der Waals surface area contributed by atoms with Crippen LogP contribution in [-0.2, 0) is 16.1 Å². The topological polar surface area (TPSA) is 49.4 Å². The molecule has 1 heterocycles. The van der Waals surface area contributed by atoms with Gasteiger partial charge in [-0.15, -0.1) is 0 Å². The summed E-state index contributed by atoms with van der Waals surface area (Å²) in [5, 5.41) is 3.44. The molecule has 114 valence electrons. The zero-order chi connectivity index (χ0) is 15.2. The SMILES string of the molecule is CC1CCCN(C(=O)CC(=O)NCc2ccc(Cl)cc2)C1. The molecular formula is C16H21ClN2O2. The number of benzene rings is 1. The van der Waals surface area contributed by atoms with Gasteiger partial charge in [0.25, 0.3) is 0 Å². The van der Waals surface area contributed by atoms with Gasteiger partial charge in [-0.25, -0.2) is 0 Å². The Morgan fingerprint density at radius 1 is 1.33 bits per heavy atom. The van der Waals surface area contributed by atoms with E-state index in [0.717, 1.165) is 31.5 Å². The number of rotatable bonds is 4. The minimum absolute atomic E-state index is 0.0691. The maximum absolute atomic E-state index is 12.1. The smallest absolute Gasteiger partial charge is 0.232 e. The summed E-state index contributed by atoms with van der Waals surface area (Å²) in [6, 6.07) is 7.28. The molecule has 1 aromatic carbocycles.